The van der Waals surface area contributed by atoms with Crippen LogP contribution in [0, 0.1) is 0 Å². The first-order valence-electron chi connectivity index (χ1n) is 4.82. The molecule has 0 rings (SSSR count). The van der Waals surface area contributed by atoms with Crippen molar-refractivity contribution >= 4 is 58.3 Å². The third-order valence-corrected chi connectivity index (χ3v) is 1.36. The molecule has 0 aliphatic rings. The molecule has 0 aliphatic heterocycles. The van der Waals surface area contributed by atoms with Crippen molar-refractivity contribution < 1.29 is 16.5 Å². The summed E-state index contributed by atoms with van der Waals surface area (Å²) in [7, 11) is 0. The molecule has 0 saturated carbocycles. The van der Waals surface area contributed by atoms with E-state index in [0.29, 0.717) is 8.64 Å². The van der Waals surface area contributed by atoms with Crippen LogP contribution in [0.25, 0.3) is 0 Å². The maximum absolute atomic E-state index is 4.65. The van der Waals surface area contributed by atoms with Gasteiger partial charge in [-0.1, -0.05) is 8.64 Å². The summed E-state index contributed by atoms with van der Waals surface area (Å²) in [6, 6.07) is 0. The van der Waals surface area contributed by atoms with E-state index < -0.39 is 0 Å². The standard InChI is InChI=1S/2C5H11NS2.Ni/c2*1-5(2,3)6-4(7)8;/h2*1-3H3,(H2,6,7,8);/q;;+2/p-2. The average Bonchev–Trinajstić information content (AvgIpc) is 1.72. The first kappa shape index (κ1) is 22.9. The summed E-state index contributed by atoms with van der Waals surface area (Å²) in [6.07, 6.45) is 0. The summed E-state index contributed by atoms with van der Waals surface area (Å²) in [4.78, 5) is 0. The van der Waals surface area contributed by atoms with Gasteiger partial charge in [-0.25, -0.2) is 0 Å². The molecule has 0 spiro atoms. The Morgan fingerprint density at radius 3 is 0.941 bits per heavy atom. The fourth-order valence-corrected chi connectivity index (χ4v) is 1.84. The van der Waals surface area contributed by atoms with Gasteiger partial charge in [0, 0.05) is 11.1 Å². The van der Waals surface area contributed by atoms with Crippen molar-refractivity contribution in [3.8, 4) is 0 Å². The fourth-order valence-electron chi connectivity index (χ4n) is 0.612. The molecule has 0 aromatic rings. The second-order valence-corrected chi connectivity index (χ2v) is 7.47. The Hall–Kier alpha value is 0.714. The van der Waals surface area contributed by atoms with Crippen molar-refractivity contribution in [3.63, 3.8) is 0 Å². The molecule has 104 valence electrons. The molecular weight excluding hydrogens is 335 g/mol. The molecule has 0 aromatic carbocycles. The van der Waals surface area contributed by atoms with Crippen molar-refractivity contribution in [1.29, 1.82) is 0 Å². The number of nitrogens with one attached hydrogen (secondary N) is 2. The fraction of sp³-hybridized carbons (Fsp3) is 0.800. The Morgan fingerprint density at radius 2 is 0.941 bits per heavy atom. The Labute approximate surface area is 137 Å². The molecule has 0 heterocycles. The minimum atomic E-state index is 0. The van der Waals surface area contributed by atoms with Crippen molar-refractivity contribution in [2.75, 3.05) is 0 Å². The second kappa shape index (κ2) is 9.62. The molecule has 0 fully saturated rings. The van der Waals surface area contributed by atoms with E-state index in [2.05, 4.69) is 60.3 Å². The Kier molecular flexibility index (Phi) is 12.9. The zero-order chi connectivity index (χ0) is 13.6. The minimum Gasteiger partial charge on any atom is -0.412 e. The van der Waals surface area contributed by atoms with Gasteiger partial charge in [-0.2, -0.15) is 0 Å². The van der Waals surface area contributed by atoms with Crippen molar-refractivity contribution in [2.45, 2.75) is 52.6 Å². The van der Waals surface area contributed by atoms with E-state index in [1.54, 1.807) is 0 Å². The Morgan fingerprint density at radius 1 is 0.765 bits per heavy atom. The molecule has 0 amide bonds. The second-order valence-electron chi connectivity index (χ2n) is 5.32. The van der Waals surface area contributed by atoms with Crippen molar-refractivity contribution in [2.24, 2.45) is 0 Å². The summed E-state index contributed by atoms with van der Waals surface area (Å²) in [5.41, 5.74) is 0.0532. The quantitative estimate of drug-likeness (QED) is 0.393. The van der Waals surface area contributed by atoms with Gasteiger partial charge in [-0.3, -0.25) is 0 Å². The first-order valence-corrected chi connectivity index (χ1v) is 6.45. The van der Waals surface area contributed by atoms with E-state index in [4.69, 9.17) is 0 Å². The van der Waals surface area contributed by atoms with Gasteiger partial charge in [0.2, 0.25) is 0 Å². The van der Waals surface area contributed by atoms with Crippen molar-refractivity contribution in [1.82, 2.24) is 10.6 Å². The largest absolute Gasteiger partial charge is 2.00 e. The molecule has 0 bridgehead atoms. The average molecular weight is 355 g/mol. The van der Waals surface area contributed by atoms with E-state index >= 15 is 0 Å². The SMILES string of the molecule is CC(C)(C)NC(=S)[S-].CC(C)(C)NC(=S)[S-].[Ni+2]. The predicted octanol–water partition coefficient (Wildman–Crippen LogP) is 2.41. The van der Waals surface area contributed by atoms with Crippen LogP contribution in [0.5, 0.6) is 0 Å². The monoisotopic (exact) mass is 354 g/mol. The van der Waals surface area contributed by atoms with Gasteiger partial charge in [0.05, 0.1) is 0 Å². The van der Waals surface area contributed by atoms with Crippen LogP contribution < -0.4 is 10.6 Å². The number of thiocarbonyl (C=S) groups is 2. The van der Waals surface area contributed by atoms with E-state index in [9.17, 15) is 0 Å². The molecule has 0 aliphatic carbocycles. The molecule has 0 aromatic heterocycles. The molecule has 7 heteroatoms. The number of hydrogen-bond donors (Lipinski definition) is 2. The van der Waals surface area contributed by atoms with Crippen LogP contribution >= 0.6 is 24.4 Å². The van der Waals surface area contributed by atoms with E-state index in [1.807, 2.05) is 41.5 Å². The van der Waals surface area contributed by atoms with Crippen LogP contribution in [0.2, 0.25) is 0 Å². The van der Waals surface area contributed by atoms with Gasteiger partial charge in [-0.05, 0) is 41.5 Å². The van der Waals surface area contributed by atoms with Gasteiger partial charge in [-0.15, -0.1) is 0 Å². The third kappa shape index (κ3) is 31.5. The Bertz CT molecular complexity index is 218. The van der Waals surface area contributed by atoms with Crippen LogP contribution in [0.4, 0.5) is 0 Å². The number of rotatable bonds is 0. The zero-order valence-corrected chi connectivity index (χ0v) is 15.2. The van der Waals surface area contributed by atoms with E-state index in [-0.39, 0.29) is 27.6 Å². The molecule has 0 radical (unpaired) electrons. The maximum atomic E-state index is 4.65. The van der Waals surface area contributed by atoms with Crippen LogP contribution in [0.1, 0.15) is 41.5 Å². The topological polar surface area (TPSA) is 24.1 Å². The van der Waals surface area contributed by atoms with E-state index in [0.717, 1.165) is 0 Å². The maximum Gasteiger partial charge on any atom is 2.00 e. The molecule has 0 unspecified atom stereocenters. The number of hydrogen-bond acceptors (Lipinski definition) is 4. The predicted molar refractivity (Wildman–Crippen MR) is 85.7 cm³/mol. The molecule has 2 N–H and O–H groups in total. The zero-order valence-electron chi connectivity index (χ0n) is 10.9. The molecule has 2 nitrogen and oxygen atoms in total. The summed E-state index contributed by atoms with van der Waals surface area (Å²) in [6.45, 7) is 12.1. The van der Waals surface area contributed by atoms with Crippen molar-refractivity contribution in [3.05, 3.63) is 0 Å². The van der Waals surface area contributed by atoms with Crippen LogP contribution in [0.3, 0.4) is 0 Å². The molecular formula is C10H20N2NiS4. The molecule has 0 saturated heterocycles. The van der Waals surface area contributed by atoms with Gasteiger partial charge in [0.25, 0.3) is 0 Å². The van der Waals surface area contributed by atoms with Gasteiger partial charge in [0.15, 0.2) is 0 Å². The summed E-state index contributed by atoms with van der Waals surface area (Å²) in [5, 5.41) is 5.86. The Balaban J connectivity index is -0.000000218. The summed E-state index contributed by atoms with van der Waals surface area (Å²) in [5.74, 6) is 0. The molecule has 17 heavy (non-hydrogen) atoms. The first-order chi connectivity index (χ1) is 6.83. The van der Waals surface area contributed by atoms with Crippen LogP contribution in [-0.4, -0.2) is 19.7 Å². The van der Waals surface area contributed by atoms with Crippen LogP contribution in [-0.2, 0) is 41.7 Å². The normalized spacial score (nSPS) is 10.2. The van der Waals surface area contributed by atoms with E-state index in [1.165, 1.54) is 0 Å². The third-order valence-electron chi connectivity index (χ3n) is 0.954. The van der Waals surface area contributed by atoms with Gasteiger partial charge < -0.3 is 60.3 Å². The van der Waals surface area contributed by atoms with Crippen LogP contribution in [0.15, 0.2) is 0 Å². The molecule has 0 atom stereocenters. The minimum absolute atomic E-state index is 0. The summed E-state index contributed by atoms with van der Waals surface area (Å²) < 4.78 is 0.884. The summed E-state index contributed by atoms with van der Waals surface area (Å²) >= 11 is 18.6. The van der Waals surface area contributed by atoms with Gasteiger partial charge in [0.1, 0.15) is 0 Å². The smallest absolute Gasteiger partial charge is 0.412 e. The van der Waals surface area contributed by atoms with Gasteiger partial charge >= 0.3 is 16.5 Å².